The van der Waals surface area contributed by atoms with E-state index in [1.165, 1.54) is 0 Å². The fraction of sp³-hybridized carbons (Fsp3) is 1.00. The van der Waals surface area contributed by atoms with Crippen molar-refractivity contribution in [2.75, 3.05) is 32.7 Å². The van der Waals surface area contributed by atoms with Crippen molar-refractivity contribution in [1.82, 2.24) is 8.61 Å². The van der Waals surface area contributed by atoms with Crippen molar-refractivity contribution in [3.63, 3.8) is 0 Å². The van der Waals surface area contributed by atoms with Crippen molar-refractivity contribution < 1.29 is 8.42 Å². The minimum absolute atomic E-state index is 0. The van der Waals surface area contributed by atoms with E-state index in [0.717, 1.165) is 19.3 Å². The van der Waals surface area contributed by atoms with Crippen LogP contribution in [0.15, 0.2) is 0 Å². The molecular formula is C10H22ClN3O2S. The van der Waals surface area contributed by atoms with E-state index in [0.29, 0.717) is 32.7 Å². The van der Waals surface area contributed by atoms with Crippen molar-refractivity contribution in [1.29, 1.82) is 0 Å². The summed E-state index contributed by atoms with van der Waals surface area (Å²) in [5.41, 5.74) is 5.66. The van der Waals surface area contributed by atoms with Crippen molar-refractivity contribution in [3.05, 3.63) is 0 Å². The van der Waals surface area contributed by atoms with Gasteiger partial charge in [-0.1, -0.05) is 6.92 Å². The average molecular weight is 284 g/mol. The van der Waals surface area contributed by atoms with Crippen molar-refractivity contribution >= 4 is 22.6 Å². The quantitative estimate of drug-likeness (QED) is 0.816. The lowest BCUT2D eigenvalue weighted by Gasteiger charge is -2.25. The summed E-state index contributed by atoms with van der Waals surface area (Å²) >= 11 is 0. The van der Waals surface area contributed by atoms with Gasteiger partial charge in [0, 0.05) is 26.2 Å². The summed E-state index contributed by atoms with van der Waals surface area (Å²) < 4.78 is 27.7. The van der Waals surface area contributed by atoms with E-state index in [2.05, 4.69) is 6.92 Å². The van der Waals surface area contributed by atoms with Crippen LogP contribution in [0.2, 0.25) is 0 Å². The summed E-state index contributed by atoms with van der Waals surface area (Å²) in [5, 5.41) is 0. The Morgan fingerprint density at radius 1 is 1.18 bits per heavy atom. The van der Waals surface area contributed by atoms with Crippen LogP contribution in [0, 0.1) is 5.41 Å². The van der Waals surface area contributed by atoms with Gasteiger partial charge in [0.2, 0.25) is 0 Å². The van der Waals surface area contributed by atoms with Gasteiger partial charge in [-0.2, -0.15) is 17.0 Å². The van der Waals surface area contributed by atoms with Gasteiger partial charge >= 0.3 is 0 Å². The maximum atomic E-state index is 12.2. The van der Waals surface area contributed by atoms with Gasteiger partial charge in [0.25, 0.3) is 10.2 Å². The van der Waals surface area contributed by atoms with E-state index in [4.69, 9.17) is 5.73 Å². The first-order valence-electron chi connectivity index (χ1n) is 5.93. The third-order valence-corrected chi connectivity index (χ3v) is 5.72. The molecule has 0 aliphatic carbocycles. The van der Waals surface area contributed by atoms with Crippen LogP contribution in [0.25, 0.3) is 0 Å². The molecule has 0 aromatic heterocycles. The van der Waals surface area contributed by atoms with E-state index in [-0.39, 0.29) is 17.8 Å². The molecule has 0 radical (unpaired) electrons. The molecule has 1 atom stereocenters. The second-order valence-electron chi connectivity index (χ2n) is 5.21. The topological polar surface area (TPSA) is 66.6 Å². The van der Waals surface area contributed by atoms with E-state index < -0.39 is 10.2 Å². The van der Waals surface area contributed by atoms with Gasteiger partial charge in [0.15, 0.2) is 0 Å². The molecule has 0 amide bonds. The first-order valence-corrected chi connectivity index (χ1v) is 7.33. The molecule has 102 valence electrons. The van der Waals surface area contributed by atoms with Crippen molar-refractivity contribution in [2.24, 2.45) is 11.1 Å². The molecule has 7 heteroatoms. The molecule has 2 rings (SSSR count). The summed E-state index contributed by atoms with van der Waals surface area (Å²) in [4.78, 5) is 0. The second kappa shape index (κ2) is 5.40. The monoisotopic (exact) mass is 283 g/mol. The summed E-state index contributed by atoms with van der Waals surface area (Å²) in [7, 11) is -3.21. The Morgan fingerprint density at radius 2 is 1.76 bits per heavy atom. The molecule has 0 bridgehead atoms. The lowest BCUT2D eigenvalue weighted by Crippen LogP contribution is -2.42. The van der Waals surface area contributed by atoms with Crippen LogP contribution in [0.5, 0.6) is 0 Å². The van der Waals surface area contributed by atoms with E-state index in [9.17, 15) is 8.42 Å². The van der Waals surface area contributed by atoms with Crippen LogP contribution in [0.3, 0.4) is 0 Å². The Bertz CT molecular complexity index is 357. The van der Waals surface area contributed by atoms with Crippen LogP contribution in [0.1, 0.15) is 26.2 Å². The highest BCUT2D eigenvalue weighted by Gasteiger charge is 2.41. The molecule has 5 nitrogen and oxygen atoms in total. The van der Waals surface area contributed by atoms with Crippen LogP contribution in [-0.4, -0.2) is 49.8 Å². The number of hydrogen-bond acceptors (Lipinski definition) is 3. The molecule has 2 heterocycles. The predicted molar refractivity (Wildman–Crippen MR) is 70.3 cm³/mol. The smallest absolute Gasteiger partial charge is 0.281 e. The zero-order chi connectivity index (χ0) is 11.8. The van der Waals surface area contributed by atoms with Crippen molar-refractivity contribution in [2.45, 2.75) is 26.2 Å². The predicted octanol–water partition coefficient (Wildman–Crippen LogP) is 0.420. The van der Waals surface area contributed by atoms with E-state index in [1.54, 1.807) is 8.61 Å². The molecular weight excluding hydrogens is 262 g/mol. The number of hydrogen-bond donors (Lipinski definition) is 1. The van der Waals surface area contributed by atoms with Gasteiger partial charge in [-0.05, 0) is 31.2 Å². The zero-order valence-electron chi connectivity index (χ0n) is 10.3. The van der Waals surface area contributed by atoms with Gasteiger partial charge in [-0.25, -0.2) is 0 Å². The summed E-state index contributed by atoms with van der Waals surface area (Å²) in [6.45, 7) is 5.16. The minimum Gasteiger partial charge on any atom is -0.330 e. The van der Waals surface area contributed by atoms with Crippen LogP contribution in [0.4, 0.5) is 0 Å². The van der Waals surface area contributed by atoms with Crippen LogP contribution >= 0.6 is 12.4 Å². The highest BCUT2D eigenvalue weighted by molar-refractivity contribution is 7.86. The lowest BCUT2D eigenvalue weighted by molar-refractivity contribution is 0.335. The van der Waals surface area contributed by atoms with Gasteiger partial charge in [-0.3, -0.25) is 0 Å². The fourth-order valence-corrected chi connectivity index (χ4v) is 4.27. The van der Waals surface area contributed by atoms with Gasteiger partial charge in [0.1, 0.15) is 0 Å². The number of rotatable bonds is 3. The third-order valence-electron chi connectivity index (χ3n) is 3.73. The van der Waals surface area contributed by atoms with E-state index in [1.807, 2.05) is 0 Å². The number of nitrogens with two attached hydrogens (primary N) is 1. The first kappa shape index (κ1) is 15.2. The number of nitrogens with zero attached hydrogens (tertiary/aromatic N) is 2. The van der Waals surface area contributed by atoms with Crippen molar-refractivity contribution in [3.8, 4) is 0 Å². The Balaban J connectivity index is 0.00000144. The fourth-order valence-electron chi connectivity index (χ4n) is 2.42. The maximum Gasteiger partial charge on any atom is 0.281 e. The summed E-state index contributed by atoms with van der Waals surface area (Å²) in [6.07, 6.45) is 2.85. The molecule has 0 aromatic carbocycles. The molecule has 1 unspecified atom stereocenters. The van der Waals surface area contributed by atoms with Gasteiger partial charge in [-0.15, -0.1) is 12.4 Å². The Hall–Kier alpha value is 0.120. The molecule has 0 saturated carbocycles. The van der Waals surface area contributed by atoms with Gasteiger partial charge < -0.3 is 5.73 Å². The SMILES string of the molecule is CC1(CN)CCN(S(=O)(=O)N2CCCC2)C1.Cl. The van der Waals surface area contributed by atoms with Crippen LogP contribution < -0.4 is 5.73 Å². The minimum atomic E-state index is -3.21. The summed E-state index contributed by atoms with van der Waals surface area (Å²) in [6, 6.07) is 0. The highest BCUT2D eigenvalue weighted by Crippen LogP contribution is 2.31. The molecule has 2 aliphatic rings. The van der Waals surface area contributed by atoms with Gasteiger partial charge in [0.05, 0.1) is 0 Å². The standard InChI is InChI=1S/C10H21N3O2S.ClH/c1-10(8-11)4-7-13(9-10)16(14,15)12-5-2-3-6-12;/h2-9,11H2,1H3;1H. The number of halogens is 1. The Kier molecular flexibility index (Phi) is 4.82. The molecule has 2 N–H and O–H groups in total. The second-order valence-corrected chi connectivity index (χ2v) is 7.14. The largest absolute Gasteiger partial charge is 0.330 e. The summed E-state index contributed by atoms with van der Waals surface area (Å²) in [5.74, 6) is 0. The molecule has 0 spiro atoms. The lowest BCUT2D eigenvalue weighted by atomic mass is 9.90. The average Bonchev–Trinajstić information content (AvgIpc) is 2.87. The molecule has 0 aromatic rings. The zero-order valence-corrected chi connectivity index (χ0v) is 11.9. The molecule has 2 aliphatic heterocycles. The molecule has 2 saturated heterocycles. The van der Waals surface area contributed by atoms with E-state index >= 15 is 0 Å². The van der Waals surface area contributed by atoms with Crippen LogP contribution in [-0.2, 0) is 10.2 Å². The Morgan fingerprint density at radius 3 is 2.24 bits per heavy atom. The highest BCUT2D eigenvalue weighted by atomic mass is 35.5. The maximum absolute atomic E-state index is 12.2. The normalized spacial score (nSPS) is 31.6. The Labute approximate surface area is 110 Å². The molecule has 2 fully saturated rings. The first-order chi connectivity index (χ1) is 7.48. The molecule has 17 heavy (non-hydrogen) atoms. The third kappa shape index (κ3) is 2.93.